The Bertz CT molecular complexity index is 677. The third kappa shape index (κ3) is 5.03. The van der Waals surface area contributed by atoms with Crippen molar-refractivity contribution in [2.75, 3.05) is 13.1 Å². The molecule has 1 aliphatic rings. The molecular weight excluding hydrogens is 338 g/mol. The van der Waals surface area contributed by atoms with Gasteiger partial charge in [0.25, 0.3) is 5.91 Å². The smallest absolute Gasteiger partial charge is 0.273 e. The van der Waals surface area contributed by atoms with E-state index < -0.39 is 0 Å². The van der Waals surface area contributed by atoms with E-state index in [0.29, 0.717) is 24.2 Å². The van der Waals surface area contributed by atoms with Crippen LogP contribution in [0.4, 0.5) is 0 Å². The van der Waals surface area contributed by atoms with Gasteiger partial charge in [-0.05, 0) is 43.0 Å². The molecule has 1 amide bonds. The molecule has 2 heterocycles. The zero-order valence-electron chi connectivity index (χ0n) is 14.7. The Morgan fingerprint density at radius 1 is 1.28 bits per heavy atom. The minimum atomic E-state index is -0.178. The summed E-state index contributed by atoms with van der Waals surface area (Å²) in [5.74, 6) is 0.335. The number of piperidine rings is 1. The highest BCUT2D eigenvalue weighted by Crippen LogP contribution is 2.17. The van der Waals surface area contributed by atoms with Crippen molar-refractivity contribution in [3.63, 3.8) is 0 Å². The van der Waals surface area contributed by atoms with Gasteiger partial charge in [-0.3, -0.25) is 4.79 Å². The Hall–Kier alpha value is -1.92. The molecule has 0 spiro atoms. The lowest BCUT2D eigenvalue weighted by atomic mass is 10.0. The first kappa shape index (κ1) is 19.4. The molecule has 1 fully saturated rings. The fourth-order valence-electron chi connectivity index (χ4n) is 2.92. The summed E-state index contributed by atoms with van der Waals surface area (Å²) in [6, 6.07) is 8.67. The number of nitrogens with one attached hydrogen (secondary N) is 2. The highest BCUT2D eigenvalue weighted by atomic mass is 35.5. The Balaban J connectivity index is 0.00000225. The number of nitrogens with zero attached hydrogens (tertiary/aromatic N) is 3. The van der Waals surface area contributed by atoms with Gasteiger partial charge >= 0.3 is 0 Å². The van der Waals surface area contributed by atoms with Crippen LogP contribution >= 0.6 is 12.4 Å². The second-order valence-corrected chi connectivity index (χ2v) is 6.64. The van der Waals surface area contributed by atoms with Gasteiger partial charge in [0.1, 0.15) is 0 Å². The molecule has 0 atom stereocenters. The van der Waals surface area contributed by atoms with Crippen LogP contribution in [0.2, 0.25) is 0 Å². The molecule has 0 radical (unpaired) electrons. The van der Waals surface area contributed by atoms with Crippen LogP contribution in [-0.4, -0.2) is 34.0 Å². The largest absolute Gasteiger partial charge is 0.347 e. The normalized spacial score (nSPS) is 15.0. The van der Waals surface area contributed by atoms with Crippen LogP contribution in [0, 0.1) is 0 Å². The molecule has 7 heteroatoms. The summed E-state index contributed by atoms with van der Waals surface area (Å²) >= 11 is 0. The topological polar surface area (TPSA) is 71.8 Å². The van der Waals surface area contributed by atoms with Crippen LogP contribution in [0.25, 0.3) is 0 Å². The molecule has 1 aromatic carbocycles. The van der Waals surface area contributed by atoms with Crippen molar-refractivity contribution in [2.45, 2.75) is 45.2 Å². The summed E-state index contributed by atoms with van der Waals surface area (Å²) in [6.45, 7) is 6.80. The Morgan fingerprint density at radius 3 is 2.60 bits per heavy atom. The van der Waals surface area contributed by atoms with Crippen molar-refractivity contribution in [1.29, 1.82) is 0 Å². The van der Waals surface area contributed by atoms with E-state index in [1.807, 2.05) is 4.68 Å². The molecule has 2 N–H and O–H groups in total. The number of rotatable bonds is 5. The van der Waals surface area contributed by atoms with E-state index in [4.69, 9.17) is 0 Å². The van der Waals surface area contributed by atoms with Crippen LogP contribution in [0.3, 0.4) is 0 Å². The minimum Gasteiger partial charge on any atom is -0.347 e. The van der Waals surface area contributed by atoms with E-state index in [-0.39, 0.29) is 18.3 Å². The average Bonchev–Trinajstić information content (AvgIpc) is 3.11. The summed E-state index contributed by atoms with van der Waals surface area (Å²) in [5.41, 5.74) is 2.76. The van der Waals surface area contributed by atoms with Crippen LogP contribution in [0.15, 0.2) is 30.5 Å². The van der Waals surface area contributed by atoms with Gasteiger partial charge in [0.2, 0.25) is 0 Å². The molecule has 0 aliphatic carbocycles. The van der Waals surface area contributed by atoms with Gasteiger partial charge in [-0.2, -0.15) is 0 Å². The summed E-state index contributed by atoms with van der Waals surface area (Å²) in [5, 5.41) is 14.4. The fourth-order valence-corrected chi connectivity index (χ4v) is 2.92. The van der Waals surface area contributed by atoms with E-state index in [2.05, 4.69) is 59.1 Å². The second-order valence-electron chi connectivity index (χ2n) is 6.64. The van der Waals surface area contributed by atoms with Crippen LogP contribution in [-0.2, 0) is 6.54 Å². The van der Waals surface area contributed by atoms with E-state index in [0.717, 1.165) is 31.5 Å². The molecule has 1 saturated heterocycles. The average molecular weight is 364 g/mol. The number of benzene rings is 1. The molecular formula is C18H26ClN5O. The maximum absolute atomic E-state index is 12.2. The maximum atomic E-state index is 12.2. The Morgan fingerprint density at radius 2 is 1.96 bits per heavy atom. The first-order chi connectivity index (χ1) is 11.6. The third-order valence-electron chi connectivity index (χ3n) is 4.53. The third-order valence-corrected chi connectivity index (χ3v) is 4.53. The van der Waals surface area contributed by atoms with Crippen molar-refractivity contribution >= 4 is 18.3 Å². The lowest BCUT2D eigenvalue weighted by molar-refractivity contribution is 0.0946. The molecule has 2 aromatic rings. The SMILES string of the molecule is CC(C)c1ccc(CNC(=O)c2cn(C3CCNCC3)nn2)cc1.Cl. The molecule has 6 nitrogen and oxygen atoms in total. The predicted molar refractivity (Wildman–Crippen MR) is 100 cm³/mol. The molecule has 136 valence electrons. The van der Waals surface area contributed by atoms with Gasteiger partial charge in [0.05, 0.1) is 12.2 Å². The number of aromatic nitrogens is 3. The highest BCUT2D eigenvalue weighted by molar-refractivity contribution is 5.91. The second kappa shape index (κ2) is 8.97. The van der Waals surface area contributed by atoms with E-state index >= 15 is 0 Å². The summed E-state index contributed by atoms with van der Waals surface area (Å²) in [4.78, 5) is 12.2. The molecule has 25 heavy (non-hydrogen) atoms. The van der Waals surface area contributed by atoms with Crippen LogP contribution in [0.1, 0.15) is 60.3 Å². The monoisotopic (exact) mass is 363 g/mol. The molecule has 3 rings (SSSR count). The first-order valence-corrected chi connectivity index (χ1v) is 8.63. The summed E-state index contributed by atoms with van der Waals surface area (Å²) < 4.78 is 1.83. The predicted octanol–water partition coefficient (Wildman–Crippen LogP) is 2.68. The lowest BCUT2D eigenvalue weighted by Gasteiger charge is -2.22. The zero-order valence-corrected chi connectivity index (χ0v) is 15.6. The Labute approximate surface area is 154 Å². The van der Waals surface area contributed by atoms with E-state index in [1.54, 1.807) is 6.20 Å². The van der Waals surface area contributed by atoms with Crippen molar-refractivity contribution in [2.24, 2.45) is 0 Å². The minimum absolute atomic E-state index is 0. The standard InChI is InChI=1S/C18H25N5O.ClH/c1-13(2)15-5-3-14(4-6-15)11-20-18(24)17-12-23(22-21-17)16-7-9-19-10-8-16;/h3-6,12-13,16,19H,7-11H2,1-2H3,(H,20,24);1H. The Kier molecular flexibility index (Phi) is 6.96. The van der Waals surface area contributed by atoms with Crippen molar-refractivity contribution in [3.8, 4) is 0 Å². The van der Waals surface area contributed by atoms with Gasteiger partial charge in [0.15, 0.2) is 5.69 Å². The van der Waals surface area contributed by atoms with Gasteiger partial charge in [-0.1, -0.05) is 43.3 Å². The number of halogens is 1. The number of hydrogen-bond donors (Lipinski definition) is 2. The number of carbonyl (C=O) groups excluding carboxylic acids is 1. The summed E-state index contributed by atoms with van der Waals surface area (Å²) in [7, 11) is 0. The molecule has 0 bridgehead atoms. The van der Waals surface area contributed by atoms with Crippen LogP contribution in [0.5, 0.6) is 0 Å². The number of amides is 1. The number of hydrogen-bond acceptors (Lipinski definition) is 4. The van der Waals surface area contributed by atoms with Gasteiger partial charge in [-0.15, -0.1) is 17.5 Å². The van der Waals surface area contributed by atoms with E-state index in [9.17, 15) is 4.79 Å². The van der Waals surface area contributed by atoms with Crippen LogP contribution < -0.4 is 10.6 Å². The lowest BCUT2D eigenvalue weighted by Crippen LogP contribution is -2.29. The van der Waals surface area contributed by atoms with Gasteiger partial charge < -0.3 is 10.6 Å². The van der Waals surface area contributed by atoms with Gasteiger partial charge in [0, 0.05) is 6.54 Å². The van der Waals surface area contributed by atoms with E-state index in [1.165, 1.54) is 5.56 Å². The quantitative estimate of drug-likeness (QED) is 0.856. The molecule has 0 unspecified atom stereocenters. The van der Waals surface area contributed by atoms with Crippen molar-refractivity contribution in [1.82, 2.24) is 25.6 Å². The molecule has 0 saturated carbocycles. The summed E-state index contributed by atoms with van der Waals surface area (Å²) in [6.07, 6.45) is 3.80. The van der Waals surface area contributed by atoms with Gasteiger partial charge in [-0.25, -0.2) is 4.68 Å². The maximum Gasteiger partial charge on any atom is 0.273 e. The fraction of sp³-hybridized carbons (Fsp3) is 0.500. The van der Waals surface area contributed by atoms with Crippen molar-refractivity contribution < 1.29 is 4.79 Å². The first-order valence-electron chi connectivity index (χ1n) is 8.63. The molecule has 1 aliphatic heterocycles. The zero-order chi connectivity index (χ0) is 16.9. The highest BCUT2D eigenvalue weighted by Gasteiger charge is 2.18. The van der Waals surface area contributed by atoms with Crippen molar-refractivity contribution in [3.05, 3.63) is 47.3 Å². The molecule has 1 aromatic heterocycles. The number of carbonyl (C=O) groups is 1.